The van der Waals surface area contributed by atoms with Crippen molar-refractivity contribution in [3.05, 3.63) is 23.8 Å². The number of ether oxygens (including phenoxy) is 1. The van der Waals surface area contributed by atoms with Gasteiger partial charge in [-0.25, -0.2) is 17.9 Å². The number of sulfonamides is 1. The minimum atomic E-state index is -3.73. The highest BCUT2D eigenvalue weighted by Gasteiger charge is 2.41. The Labute approximate surface area is 124 Å². The molecule has 0 radical (unpaired) electrons. The average Bonchev–Trinajstić information content (AvgIpc) is 3.20. The van der Waals surface area contributed by atoms with Crippen molar-refractivity contribution in [3.63, 3.8) is 0 Å². The first kappa shape index (κ1) is 15.8. The number of hydrogen-bond donors (Lipinski definition) is 2. The largest absolute Gasteiger partial charge is 0.465 e. The van der Waals surface area contributed by atoms with Crippen LogP contribution in [0.3, 0.4) is 0 Å². The molecule has 0 aliphatic heterocycles. The maximum atomic E-state index is 12.4. The summed E-state index contributed by atoms with van der Waals surface area (Å²) in [6.07, 6.45) is 2.04. The highest BCUT2D eigenvalue weighted by Crippen LogP contribution is 2.40. The van der Waals surface area contributed by atoms with E-state index < -0.39 is 21.5 Å². The summed E-state index contributed by atoms with van der Waals surface area (Å²) in [6, 6.07) is 4.03. The Morgan fingerprint density at radius 2 is 2.00 bits per heavy atom. The maximum absolute atomic E-state index is 12.4. The Kier molecular flexibility index (Phi) is 3.99. The molecule has 0 amide bonds. The molecule has 0 saturated heterocycles. The van der Waals surface area contributed by atoms with Gasteiger partial charge in [0.2, 0.25) is 10.0 Å². The summed E-state index contributed by atoms with van der Waals surface area (Å²) < 4.78 is 32.2. The van der Waals surface area contributed by atoms with Crippen LogP contribution >= 0.6 is 0 Å². The van der Waals surface area contributed by atoms with E-state index >= 15 is 0 Å². The topological polar surface area (TPSA) is 98.5 Å². The molecule has 0 bridgehead atoms. The molecule has 1 aliphatic carbocycles. The summed E-state index contributed by atoms with van der Waals surface area (Å²) >= 11 is 0. The molecule has 1 fully saturated rings. The third-order valence-electron chi connectivity index (χ3n) is 3.72. The number of rotatable bonds is 5. The molecule has 1 aromatic carbocycles. The lowest BCUT2D eigenvalue weighted by Crippen LogP contribution is -2.45. The standard InChI is InChI=1S/C14H20N2O4S/c1-14(2,10-5-6-10)16-21(18,19)12-7-4-9(8-11(12)15)13(17)20-3/h4,7-8,10,16H,5-6,15H2,1-3H3. The number of methoxy groups -OCH3 is 1. The number of benzene rings is 1. The number of anilines is 1. The summed E-state index contributed by atoms with van der Waals surface area (Å²) in [5, 5.41) is 0. The summed E-state index contributed by atoms with van der Waals surface area (Å²) in [5.41, 5.74) is 5.52. The Morgan fingerprint density at radius 3 is 2.48 bits per heavy atom. The van der Waals surface area contributed by atoms with Crippen LogP contribution in [0.2, 0.25) is 0 Å². The van der Waals surface area contributed by atoms with E-state index in [0.29, 0.717) is 5.92 Å². The minimum absolute atomic E-state index is 0.0242. The first-order valence-corrected chi connectivity index (χ1v) is 8.17. The Morgan fingerprint density at radius 1 is 1.38 bits per heavy atom. The second kappa shape index (κ2) is 5.31. The van der Waals surface area contributed by atoms with Crippen LogP contribution in [0.1, 0.15) is 37.0 Å². The van der Waals surface area contributed by atoms with Crippen molar-refractivity contribution in [1.29, 1.82) is 0 Å². The molecule has 21 heavy (non-hydrogen) atoms. The molecule has 0 aromatic heterocycles. The number of esters is 1. The van der Waals surface area contributed by atoms with Gasteiger partial charge in [-0.05, 0) is 50.8 Å². The molecule has 3 N–H and O–H groups in total. The van der Waals surface area contributed by atoms with Crippen LogP contribution in [0.5, 0.6) is 0 Å². The first-order chi connectivity index (χ1) is 9.67. The van der Waals surface area contributed by atoms with Crippen LogP contribution in [0.15, 0.2) is 23.1 Å². The smallest absolute Gasteiger partial charge is 0.337 e. The zero-order valence-electron chi connectivity index (χ0n) is 12.3. The van der Waals surface area contributed by atoms with Crippen molar-refractivity contribution >= 4 is 21.7 Å². The molecule has 1 saturated carbocycles. The molecular weight excluding hydrogens is 292 g/mol. The molecule has 1 aliphatic rings. The van der Waals surface area contributed by atoms with Crippen molar-refractivity contribution in [2.24, 2.45) is 5.92 Å². The highest BCUT2D eigenvalue weighted by atomic mass is 32.2. The van der Waals surface area contributed by atoms with Crippen molar-refractivity contribution < 1.29 is 17.9 Å². The van der Waals surface area contributed by atoms with Gasteiger partial charge in [0.1, 0.15) is 4.90 Å². The van der Waals surface area contributed by atoms with E-state index in [0.717, 1.165) is 12.8 Å². The monoisotopic (exact) mass is 312 g/mol. The molecule has 116 valence electrons. The van der Waals surface area contributed by atoms with Crippen LogP contribution in [0.4, 0.5) is 5.69 Å². The third-order valence-corrected chi connectivity index (χ3v) is 5.46. The minimum Gasteiger partial charge on any atom is -0.465 e. The molecule has 0 unspecified atom stereocenters. The number of nitrogens with one attached hydrogen (secondary N) is 1. The SMILES string of the molecule is COC(=O)c1ccc(S(=O)(=O)NC(C)(C)C2CC2)c(N)c1. The lowest BCUT2D eigenvalue weighted by Gasteiger charge is -2.26. The van der Waals surface area contributed by atoms with Gasteiger partial charge in [0.15, 0.2) is 0 Å². The van der Waals surface area contributed by atoms with Crippen molar-refractivity contribution in [3.8, 4) is 0 Å². The van der Waals surface area contributed by atoms with Gasteiger partial charge in [-0.3, -0.25) is 0 Å². The van der Waals surface area contributed by atoms with Crippen LogP contribution in [0.25, 0.3) is 0 Å². The van der Waals surface area contributed by atoms with Gasteiger partial charge >= 0.3 is 5.97 Å². The van der Waals surface area contributed by atoms with Crippen LogP contribution < -0.4 is 10.5 Å². The zero-order valence-corrected chi connectivity index (χ0v) is 13.2. The molecular formula is C14H20N2O4S. The fourth-order valence-corrected chi connectivity index (χ4v) is 3.91. The van der Waals surface area contributed by atoms with Crippen molar-refractivity contribution in [2.45, 2.75) is 37.1 Å². The molecule has 2 rings (SSSR count). The molecule has 6 nitrogen and oxygen atoms in total. The van der Waals surface area contributed by atoms with Crippen molar-refractivity contribution in [1.82, 2.24) is 4.72 Å². The first-order valence-electron chi connectivity index (χ1n) is 6.69. The fraction of sp³-hybridized carbons (Fsp3) is 0.500. The summed E-state index contributed by atoms with van der Waals surface area (Å²) in [4.78, 5) is 11.4. The number of nitrogens with two attached hydrogens (primary N) is 1. The highest BCUT2D eigenvalue weighted by molar-refractivity contribution is 7.89. The predicted molar refractivity (Wildman–Crippen MR) is 79.3 cm³/mol. The predicted octanol–water partition coefficient (Wildman–Crippen LogP) is 1.52. The van der Waals surface area contributed by atoms with Gasteiger partial charge in [-0.2, -0.15) is 0 Å². The number of carbonyl (C=O) groups is 1. The van der Waals surface area contributed by atoms with Gasteiger partial charge in [-0.1, -0.05) is 0 Å². The number of nitrogen functional groups attached to an aromatic ring is 1. The third kappa shape index (κ3) is 3.36. The fourth-order valence-electron chi connectivity index (χ4n) is 2.33. The average molecular weight is 312 g/mol. The van der Waals surface area contributed by atoms with E-state index in [1.807, 2.05) is 13.8 Å². The Balaban J connectivity index is 2.30. The number of carbonyl (C=O) groups excluding carboxylic acids is 1. The summed E-state index contributed by atoms with van der Waals surface area (Å²) in [7, 11) is -2.48. The molecule has 7 heteroatoms. The number of hydrogen-bond acceptors (Lipinski definition) is 5. The zero-order chi connectivity index (χ0) is 15.8. The van der Waals surface area contributed by atoms with Gasteiger partial charge in [-0.15, -0.1) is 0 Å². The van der Waals surface area contributed by atoms with Crippen LogP contribution in [0, 0.1) is 5.92 Å². The normalized spacial score (nSPS) is 15.8. The van der Waals surface area contributed by atoms with E-state index in [-0.39, 0.29) is 16.1 Å². The second-order valence-corrected chi connectivity index (χ2v) is 7.50. The quantitative estimate of drug-likeness (QED) is 0.634. The second-order valence-electron chi connectivity index (χ2n) is 5.85. The van der Waals surface area contributed by atoms with E-state index in [9.17, 15) is 13.2 Å². The lowest BCUT2D eigenvalue weighted by molar-refractivity contribution is 0.0600. The van der Waals surface area contributed by atoms with Gasteiger partial charge in [0, 0.05) is 5.54 Å². The molecule has 1 aromatic rings. The summed E-state index contributed by atoms with van der Waals surface area (Å²) in [6.45, 7) is 3.72. The van der Waals surface area contributed by atoms with Crippen molar-refractivity contribution in [2.75, 3.05) is 12.8 Å². The van der Waals surface area contributed by atoms with E-state index in [4.69, 9.17) is 5.73 Å². The van der Waals surface area contributed by atoms with Gasteiger partial charge in [0.05, 0.1) is 18.4 Å². The van der Waals surface area contributed by atoms with Crippen LogP contribution in [-0.4, -0.2) is 27.0 Å². The van der Waals surface area contributed by atoms with E-state index in [2.05, 4.69) is 9.46 Å². The molecule has 0 spiro atoms. The Bertz CT molecular complexity index is 664. The van der Waals surface area contributed by atoms with E-state index in [1.54, 1.807) is 0 Å². The van der Waals surface area contributed by atoms with Gasteiger partial charge < -0.3 is 10.5 Å². The molecule has 0 atom stereocenters. The summed E-state index contributed by atoms with van der Waals surface area (Å²) in [5.74, 6) is -0.209. The van der Waals surface area contributed by atoms with Gasteiger partial charge in [0.25, 0.3) is 0 Å². The van der Waals surface area contributed by atoms with E-state index in [1.165, 1.54) is 25.3 Å². The lowest BCUT2D eigenvalue weighted by atomic mass is 10.0. The maximum Gasteiger partial charge on any atom is 0.337 e. The Hall–Kier alpha value is -1.60. The molecule has 0 heterocycles. The van der Waals surface area contributed by atoms with Crippen LogP contribution in [-0.2, 0) is 14.8 Å².